The quantitative estimate of drug-likeness (QED) is 0.740. The Bertz CT molecular complexity index is 511. The van der Waals surface area contributed by atoms with E-state index in [1.54, 1.807) is 12.1 Å². The maximum Gasteiger partial charge on any atom is 0.325 e. The lowest BCUT2D eigenvalue weighted by atomic mass is 10.2. The third kappa shape index (κ3) is 6.42. The molecule has 0 heterocycles. The molecule has 0 aliphatic rings. The summed E-state index contributed by atoms with van der Waals surface area (Å²) in [5, 5.41) is 13.1. The topological polar surface area (TPSA) is 98.7 Å². The molecular weight excluding hydrogens is 274 g/mol. The minimum atomic E-state index is -0.965. The van der Waals surface area contributed by atoms with Crippen LogP contribution >= 0.6 is 0 Å². The number of imide groups is 1. The number of urea groups is 1. The fourth-order valence-electron chi connectivity index (χ4n) is 1.59. The third-order valence-electron chi connectivity index (χ3n) is 2.69. The monoisotopic (exact) mass is 293 g/mol. The van der Waals surface area contributed by atoms with E-state index in [1.807, 2.05) is 31.1 Å². The first-order chi connectivity index (χ1) is 9.88. The van der Waals surface area contributed by atoms with E-state index < -0.39 is 17.9 Å². The van der Waals surface area contributed by atoms with Crippen molar-refractivity contribution in [2.75, 3.05) is 24.3 Å². The first kappa shape index (κ1) is 16.5. The minimum Gasteiger partial charge on any atom is -0.481 e. The van der Waals surface area contributed by atoms with Gasteiger partial charge in [-0.15, -0.1) is 0 Å². The molecule has 1 aromatic rings. The van der Waals surface area contributed by atoms with Crippen LogP contribution in [-0.2, 0) is 9.59 Å². The molecule has 1 aromatic carbocycles. The summed E-state index contributed by atoms with van der Waals surface area (Å²) in [6.45, 7) is 0. The van der Waals surface area contributed by atoms with Gasteiger partial charge in [-0.1, -0.05) is 0 Å². The van der Waals surface area contributed by atoms with Crippen molar-refractivity contribution in [3.05, 3.63) is 24.3 Å². The predicted molar refractivity (Wildman–Crippen MR) is 79.4 cm³/mol. The molecule has 0 aromatic heterocycles. The number of rotatable bonds is 6. The van der Waals surface area contributed by atoms with E-state index in [9.17, 15) is 14.4 Å². The number of hydrogen-bond donors (Lipinski definition) is 3. The van der Waals surface area contributed by atoms with Crippen LogP contribution in [0.25, 0.3) is 0 Å². The zero-order chi connectivity index (χ0) is 15.8. The molecule has 21 heavy (non-hydrogen) atoms. The number of nitrogens with zero attached hydrogens (tertiary/aromatic N) is 1. The van der Waals surface area contributed by atoms with Gasteiger partial charge in [-0.3, -0.25) is 14.9 Å². The molecule has 0 bridgehead atoms. The van der Waals surface area contributed by atoms with Crippen molar-refractivity contribution in [2.24, 2.45) is 0 Å². The van der Waals surface area contributed by atoms with Gasteiger partial charge in [0.2, 0.25) is 5.91 Å². The van der Waals surface area contributed by atoms with Gasteiger partial charge >= 0.3 is 12.0 Å². The van der Waals surface area contributed by atoms with E-state index in [-0.39, 0.29) is 19.3 Å². The molecule has 7 heteroatoms. The number of hydrogen-bond acceptors (Lipinski definition) is 4. The van der Waals surface area contributed by atoms with Crippen LogP contribution in [0.2, 0.25) is 0 Å². The SMILES string of the molecule is CN(C)c1ccc(NC(=O)NC(=O)CCCC(=O)O)cc1. The Hall–Kier alpha value is -2.57. The molecular formula is C14H19N3O4. The van der Waals surface area contributed by atoms with Crippen molar-refractivity contribution in [2.45, 2.75) is 19.3 Å². The number of carbonyl (C=O) groups is 3. The van der Waals surface area contributed by atoms with Crippen molar-refractivity contribution >= 4 is 29.3 Å². The van der Waals surface area contributed by atoms with Gasteiger partial charge in [-0.2, -0.15) is 0 Å². The van der Waals surface area contributed by atoms with E-state index in [2.05, 4.69) is 10.6 Å². The maximum atomic E-state index is 11.6. The molecule has 0 spiro atoms. The Morgan fingerprint density at radius 2 is 1.71 bits per heavy atom. The number of benzene rings is 1. The van der Waals surface area contributed by atoms with Crippen LogP contribution < -0.4 is 15.5 Å². The number of carboxylic acid groups (broad SMARTS) is 1. The van der Waals surface area contributed by atoms with Crippen LogP contribution in [-0.4, -0.2) is 37.1 Å². The molecule has 0 saturated carbocycles. The van der Waals surface area contributed by atoms with Crippen LogP contribution in [0.15, 0.2) is 24.3 Å². The van der Waals surface area contributed by atoms with Crippen LogP contribution in [0.5, 0.6) is 0 Å². The second-order valence-electron chi connectivity index (χ2n) is 4.69. The molecule has 0 saturated heterocycles. The number of amides is 3. The van der Waals surface area contributed by atoms with Crippen LogP contribution in [0.4, 0.5) is 16.2 Å². The normalized spacial score (nSPS) is 9.81. The first-order valence-corrected chi connectivity index (χ1v) is 6.48. The molecule has 0 atom stereocenters. The van der Waals surface area contributed by atoms with Gasteiger partial charge in [0.1, 0.15) is 0 Å². The summed E-state index contributed by atoms with van der Waals surface area (Å²) < 4.78 is 0. The van der Waals surface area contributed by atoms with Crippen molar-refractivity contribution in [3.63, 3.8) is 0 Å². The summed E-state index contributed by atoms with van der Waals surface area (Å²) in [4.78, 5) is 35.2. The van der Waals surface area contributed by atoms with Gasteiger partial charge in [0, 0.05) is 38.3 Å². The van der Waals surface area contributed by atoms with Crippen LogP contribution in [0.3, 0.4) is 0 Å². The van der Waals surface area contributed by atoms with Gasteiger partial charge in [0.15, 0.2) is 0 Å². The van der Waals surface area contributed by atoms with Crippen LogP contribution in [0, 0.1) is 0 Å². The maximum absolute atomic E-state index is 11.6. The highest BCUT2D eigenvalue weighted by Crippen LogP contribution is 2.15. The van der Waals surface area contributed by atoms with Crippen LogP contribution in [0.1, 0.15) is 19.3 Å². The average molecular weight is 293 g/mol. The van der Waals surface area contributed by atoms with Crippen molar-refractivity contribution in [3.8, 4) is 0 Å². The summed E-state index contributed by atoms with van der Waals surface area (Å²) in [7, 11) is 3.82. The highest BCUT2D eigenvalue weighted by Gasteiger charge is 2.08. The largest absolute Gasteiger partial charge is 0.481 e. The molecule has 0 fully saturated rings. The number of carbonyl (C=O) groups excluding carboxylic acids is 2. The lowest BCUT2D eigenvalue weighted by molar-refractivity contribution is -0.137. The standard InChI is InChI=1S/C14H19N3O4/c1-17(2)11-8-6-10(7-9-11)15-14(21)16-12(18)4-3-5-13(19)20/h6-9H,3-5H2,1-2H3,(H,19,20)(H2,15,16,18,21). The van der Waals surface area contributed by atoms with E-state index in [0.29, 0.717) is 5.69 Å². The summed E-state index contributed by atoms with van der Waals surface area (Å²) >= 11 is 0. The number of carboxylic acids is 1. The average Bonchev–Trinajstić information content (AvgIpc) is 2.38. The Labute approximate surface area is 122 Å². The summed E-state index contributed by atoms with van der Waals surface area (Å²) in [6.07, 6.45) is 0.103. The van der Waals surface area contributed by atoms with Gasteiger partial charge < -0.3 is 15.3 Å². The van der Waals surface area contributed by atoms with E-state index in [1.165, 1.54) is 0 Å². The molecule has 0 aliphatic carbocycles. The molecule has 0 radical (unpaired) electrons. The van der Waals surface area contributed by atoms with Gasteiger partial charge in [-0.05, 0) is 30.7 Å². The Morgan fingerprint density at radius 1 is 1.10 bits per heavy atom. The van der Waals surface area contributed by atoms with E-state index in [4.69, 9.17) is 5.11 Å². The van der Waals surface area contributed by atoms with Crippen molar-refractivity contribution < 1.29 is 19.5 Å². The number of nitrogens with one attached hydrogen (secondary N) is 2. The zero-order valence-electron chi connectivity index (χ0n) is 12.0. The summed E-state index contributed by atoms with van der Waals surface area (Å²) in [5.41, 5.74) is 1.56. The highest BCUT2D eigenvalue weighted by atomic mass is 16.4. The highest BCUT2D eigenvalue weighted by molar-refractivity contribution is 6.01. The third-order valence-corrected chi connectivity index (χ3v) is 2.69. The number of anilines is 2. The Morgan fingerprint density at radius 3 is 2.24 bits per heavy atom. The predicted octanol–water partition coefficient (Wildman–Crippen LogP) is 1.66. The van der Waals surface area contributed by atoms with Gasteiger partial charge in [0.05, 0.1) is 0 Å². The number of aliphatic carboxylic acids is 1. The van der Waals surface area contributed by atoms with E-state index >= 15 is 0 Å². The zero-order valence-corrected chi connectivity index (χ0v) is 12.0. The summed E-state index contributed by atoms with van der Waals surface area (Å²) in [6, 6.07) is 6.50. The van der Waals surface area contributed by atoms with E-state index in [0.717, 1.165) is 5.69 Å². The molecule has 0 unspecified atom stereocenters. The molecule has 114 valence electrons. The van der Waals surface area contributed by atoms with Crippen molar-refractivity contribution in [1.29, 1.82) is 0 Å². The van der Waals surface area contributed by atoms with Gasteiger partial charge in [-0.25, -0.2) is 4.79 Å². The second-order valence-corrected chi connectivity index (χ2v) is 4.69. The van der Waals surface area contributed by atoms with Crippen molar-refractivity contribution in [1.82, 2.24) is 5.32 Å². The molecule has 1 rings (SSSR count). The molecule has 3 N–H and O–H groups in total. The lowest BCUT2D eigenvalue weighted by Gasteiger charge is -2.13. The summed E-state index contributed by atoms with van der Waals surface area (Å²) in [5.74, 6) is -1.47. The molecule has 0 aliphatic heterocycles. The lowest BCUT2D eigenvalue weighted by Crippen LogP contribution is -2.34. The van der Waals surface area contributed by atoms with Gasteiger partial charge in [0.25, 0.3) is 0 Å². The smallest absolute Gasteiger partial charge is 0.325 e. The molecule has 3 amide bonds. The second kappa shape index (κ2) is 7.88. The molecule has 7 nitrogen and oxygen atoms in total. The Kier molecular flexibility index (Phi) is 6.19. The Balaban J connectivity index is 2.39. The first-order valence-electron chi connectivity index (χ1n) is 6.48. The fraction of sp³-hybridized carbons (Fsp3) is 0.357. The minimum absolute atomic E-state index is 0.000707. The fourth-order valence-corrected chi connectivity index (χ4v) is 1.59.